The van der Waals surface area contributed by atoms with Crippen LogP contribution in [0.5, 0.6) is 11.8 Å². The lowest BCUT2D eigenvalue weighted by Crippen LogP contribution is -2.08. The number of rotatable bonds is 7. The Morgan fingerprint density at radius 3 is 2.52 bits per heavy atom. The van der Waals surface area contributed by atoms with Gasteiger partial charge in [-0.25, -0.2) is 0 Å². The second kappa shape index (κ2) is 8.22. The van der Waals surface area contributed by atoms with Gasteiger partial charge in [-0.1, -0.05) is 18.2 Å². The average molecular weight is 388 g/mol. The number of benzene rings is 2. The van der Waals surface area contributed by atoms with Crippen molar-refractivity contribution in [2.24, 2.45) is 7.05 Å². The molecule has 4 aromatic rings. The molecular weight excluding hydrogens is 364 g/mol. The molecule has 29 heavy (non-hydrogen) atoms. The number of ether oxygens (including phenoxy) is 2. The maximum atomic E-state index is 5.32. The van der Waals surface area contributed by atoms with E-state index in [-0.39, 0.29) is 0 Å². The molecule has 1 N–H and O–H groups in total. The Balaban J connectivity index is 1.52. The number of nitrogens with one attached hydrogen (secondary N) is 1. The van der Waals surface area contributed by atoms with Gasteiger partial charge in [0.05, 0.1) is 19.9 Å². The van der Waals surface area contributed by atoms with Crippen LogP contribution < -0.4 is 14.8 Å². The van der Waals surface area contributed by atoms with E-state index in [0.29, 0.717) is 6.01 Å². The molecule has 2 aromatic heterocycles. The first-order valence-electron chi connectivity index (χ1n) is 9.51. The van der Waals surface area contributed by atoms with E-state index in [4.69, 9.17) is 9.47 Å². The lowest BCUT2D eigenvalue weighted by molar-refractivity contribution is 0.381. The van der Waals surface area contributed by atoms with Gasteiger partial charge in [-0.3, -0.25) is 0 Å². The normalized spacial score (nSPS) is 10.9. The fourth-order valence-corrected chi connectivity index (χ4v) is 3.32. The first-order chi connectivity index (χ1) is 14.2. The summed E-state index contributed by atoms with van der Waals surface area (Å²) in [4.78, 5) is 8.96. The van der Waals surface area contributed by atoms with E-state index in [1.807, 2.05) is 25.2 Å². The van der Waals surface area contributed by atoms with Gasteiger partial charge in [0.2, 0.25) is 0 Å². The number of aromatic nitrogens is 3. The molecule has 0 bridgehead atoms. The molecule has 0 aliphatic rings. The van der Waals surface area contributed by atoms with E-state index in [1.165, 1.54) is 16.5 Å². The van der Waals surface area contributed by atoms with Gasteiger partial charge in [-0.05, 0) is 42.3 Å². The van der Waals surface area contributed by atoms with E-state index in [9.17, 15) is 0 Å². The van der Waals surface area contributed by atoms with Gasteiger partial charge in [0.25, 0.3) is 0 Å². The number of hydrogen-bond acceptors (Lipinski definition) is 5. The van der Waals surface area contributed by atoms with Gasteiger partial charge >= 0.3 is 6.01 Å². The van der Waals surface area contributed by atoms with Crippen molar-refractivity contribution in [3.63, 3.8) is 0 Å². The summed E-state index contributed by atoms with van der Waals surface area (Å²) in [5.74, 6) is 1.61. The van der Waals surface area contributed by atoms with Crippen molar-refractivity contribution >= 4 is 16.7 Å². The summed E-state index contributed by atoms with van der Waals surface area (Å²) in [6.45, 7) is 0.754. The molecule has 6 nitrogen and oxygen atoms in total. The summed E-state index contributed by atoms with van der Waals surface area (Å²) >= 11 is 0. The average Bonchev–Trinajstić information content (AvgIpc) is 3.14. The van der Waals surface area contributed by atoms with Crippen molar-refractivity contribution < 1.29 is 9.47 Å². The second-order valence-corrected chi connectivity index (χ2v) is 6.85. The number of methoxy groups -OCH3 is 2. The lowest BCUT2D eigenvalue weighted by atomic mass is 10.1. The van der Waals surface area contributed by atoms with Crippen molar-refractivity contribution in [3.05, 3.63) is 66.4 Å². The van der Waals surface area contributed by atoms with Crippen molar-refractivity contribution in [2.75, 3.05) is 26.1 Å². The molecule has 0 spiro atoms. The molecule has 0 saturated carbocycles. The van der Waals surface area contributed by atoms with E-state index < -0.39 is 0 Å². The molecule has 0 saturated heterocycles. The highest BCUT2D eigenvalue weighted by Gasteiger charge is 2.09. The summed E-state index contributed by atoms with van der Waals surface area (Å²) < 4.78 is 12.6. The van der Waals surface area contributed by atoms with E-state index in [0.717, 1.165) is 35.8 Å². The van der Waals surface area contributed by atoms with Crippen LogP contribution in [0.4, 0.5) is 5.82 Å². The molecule has 2 heterocycles. The molecular formula is C23H24N4O2. The highest BCUT2D eigenvalue weighted by molar-refractivity contribution is 5.85. The zero-order chi connectivity index (χ0) is 20.2. The largest absolute Gasteiger partial charge is 0.497 e. The van der Waals surface area contributed by atoms with Crippen LogP contribution in [0.15, 0.2) is 60.8 Å². The molecule has 2 aromatic carbocycles. The standard InChI is InChI=1S/C23H24N4O2/c1-27-13-11-18-14-17(6-9-21(18)27)20-15-22(26-23(25-20)29-3)24-12-10-16-4-7-19(28-2)8-5-16/h4-9,11,13-15H,10,12H2,1-3H3,(H,24,25,26). The Kier molecular flexibility index (Phi) is 5.33. The Hall–Kier alpha value is -3.54. The third-order valence-electron chi connectivity index (χ3n) is 4.95. The fourth-order valence-electron chi connectivity index (χ4n) is 3.32. The van der Waals surface area contributed by atoms with Crippen LogP contribution in [0.25, 0.3) is 22.2 Å². The monoisotopic (exact) mass is 388 g/mol. The predicted octanol–water partition coefficient (Wildman–Crippen LogP) is 4.31. The molecule has 0 amide bonds. The zero-order valence-electron chi connectivity index (χ0n) is 16.8. The van der Waals surface area contributed by atoms with Crippen LogP contribution in [0.3, 0.4) is 0 Å². The molecule has 0 atom stereocenters. The molecule has 0 fully saturated rings. The first-order valence-corrected chi connectivity index (χ1v) is 9.51. The first kappa shape index (κ1) is 18.8. The maximum absolute atomic E-state index is 5.32. The van der Waals surface area contributed by atoms with Crippen LogP contribution in [0, 0.1) is 0 Å². The zero-order valence-corrected chi connectivity index (χ0v) is 16.8. The maximum Gasteiger partial charge on any atom is 0.318 e. The summed E-state index contributed by atoms with van der Waals surface area (Å²) in [6, 6.07) is 18.8. The van der Waals surface area contributed by atoms with Crippen LogP contribution in [0.1, 0.15) is 5.56 Å². The minimum atomic E-state index is 0.350. The SMILES string of the molecule is COc1ccc(CCNc2cc(-c3ccc4c(ccn4C)c3)nc(OC)n2)cc1. The summed E-state index contributed by atoms with van der Waals surface area (Å²) in [7, 11) is 5.30. The summed E-state index contributed by atoms with van der Waals surface area (Å²) in [5.41, 5.74) is 4.28. The molecule has 0 aliphatic carbocycles. The van der Waals surface area contributed by atoms with Crippen molar-refractivity contribution in [2.45, 2.75) is 6.42 Å². The minimum Gasteiger partial charge on any atom is -0.497 e. The Labute approximate surface area is 170 Å². The molecule has 0 unspecified atom stereocenters. The van der Waals surface area contributed by atoms with Gasteiger partial charge in [-0.15, -0.1) is 0 Å². The number of hydrogen-bond donors (Lipinski definition) is 1. The number of fused-ring (bicyclic) bond motifs is 1. The highest BCUT2D eigenvalue weighted by atomic mass is 16.5. The van der Waals surface area contributed by atoms with Gasteiger partial charge in [0.15, 0.2) is 0 Å². The predicted molar refractivity (Wildman–Crippen MR) is 116 cm³/mol. The molecule has 0 radical (unpaired) electrons. The molecule has 6 heteroatoms. The van der Waals surface area contributed by atoms with Crippen molar-refractivity contribution in [1.29, 1.82) is 0 Å². The topological polar surface area (TPSA) is 61.2 Å². The van der Waals surface area contributed by atoms with Gasteiger partial charge in [-0.2, -0.15) is 9.97 Å². The van der Waals surface area contributed by atoms with Gasteiger partial charge < -0.3 is 19.4 Å². The quantitative estimate of drug-likeness (QED) is 0.511. The van der Waals surface area contributed by atoms with Crippen LogP contribution in [-0.4, -0.2) is 35.3 Å². The Morgan fingerprint density at radius 2 is 1.76 bits per heavy atom. The van der Waals surface area contributed by atoms with Gasteiger partial charge in [0, 0.05) is 42.3 Å². The summed E-state index contributed by atoms with van der Waals surface area (Å²) in [6.07, 6.45) is 2.93. The molecule has 4 rings (SSSR count). The smallest absolute Gasteiger partial charge is 0.318 e. The van der Waals surface area contributed by atoms with Crippen molar-refractivity contribution in [3.8, 4) is 23.0 Å². The lowest BCUT2D eigenvalue weighted by Gasteiger charge is -2.10. The third-order valence-corrected chi connectivity index (χ3v) is 4.95. The minimum absolute atomic E-state index is 0.350. The highest BCUT2D eigenvalue weighted by Crippen LogP contribution is 2.26. The molecule has 0 aliphatic heterocycles. The second-order valence-electron chi connectivity index (χ2n) is 6.85. The number of aryl methyl sites for hydroxylation is 1. The van der Waals surface area contributed by atoms with Crippen LogP contribution in [0.2, 0.25) is 0 Å². The fraction of sp³-hybridized carbons (Fsp3) is 0.217. The van der Waals surface area contributed by atoms with E-state index in [2.05, 4.69) is 62.4 Å². The number of nitrogens with zero attached hydrogens (tertiary/aromatic N) is 3. The van der Waals surface area contributed by atoms with Crippen molar-refractivity contribution in [1.82, 2.24) is 14.5 Å². The molecule has 148 valence electrons. The third kappa shape index (κ3) is 4.16. The number of anilines is 1. The van der Waals surface area contributed by atoms with E-state index in [1.54, 1.807) is 14.2 Å². The Morgan fingerprint density at radius 1 is 0.931 bits per heavy atom. The van der Waals surface area contributed by atoms with Crippen LogP contribution >= 0.6 is 0 Å². The Bertz CT molecular complexity index is 1120. The van der Waals surface area contributed by atoms with Crippen LogP contribution in [-0.2, 0) is 13.5 Å². The summed E-state index contributed by atoms with van der Waals surface area (Å²) in [5, 5.41) is 4.56. The van der Waals surface area contributed by atoms with Gasteiger partial charge in [0.1, 0.15) is 11.6 Å². The van der Waals surface area contributed by atoms with E-state index >= 15 is 0 Å².